The molecule has 3 rings (SSSR count). The van der Waals surface area contributed by atoms with E-state index >= 15 is 0 Å². The highest BCUT2D eigenvalue weighted by molar-refractivity contribution is 7.12. The van der Waals surface area contributed by atoms with Gasteiger partial charge in [0.2, 0.25) is 0 Å². The maximum Gasteiger partial charge on any atom is 0.255 e. The minimum atomic E-state index is 0.116. The van der Waals surface area contributed by atoms with E-state index in [-0.39, 0.29) is 5.91 Å². The van der Waals surface area contributed by atoms with Gasteiger partial charge in [0.1, 0.15) is 0 Å². The predicted octanol–water partition coefficient (Wildman–Crippen LogP) is 4.63. The maximum atomic E-state index is 12.8. The summed E-state index contributed by atoms with van der Waals surface area (Å²) in [5, 5.41) is 0. The highest BCUT2D eigenvalue weighted by atomic mass is 32.1. The number of para-hydroxylation sites is 1. The molecule has 0 unspecified atom stereocenters. The van der Waals surface area contributed by atoms with E-state index < -0.39 is 0 Å². The molecule has 0 radical (unpaired) electrons. The summed E-state index contributed by atoms with van der Waals surface area (Å²) < 4.78 is 0. The Morgan fingerprint density at radius 2 is 1.88 bits per heavy atom. The topological polar surface area (TPSA) is 23.6 Å². The summed E-state index contributed by atoms with van der Waals surface area (Å²) in [5.74, 6) is 0.116. The highest BCUT2D eigenvalue weighted by Crippen LogP contribution is 2.26. The molecular weight excluding hydrogens is 316 g/mol. The number of carbonyl (C=O) groups is 1. The van der Waals surface area contributed by atoms with Crippen LogP contribution >= 0.6 is 11.3 Å². The molecule has 2 heterocycles. The van der Waals surface area contributed by atoms with Crippen LogP contribution in [0.4, 0.5) is 5.69 Å². The molecule has 1 aromatic carbocycles. The highest BCUT2D eigenvalue weighted by Gasteiger charge is 2.19. The van der Waals surface area contributed by atoms with Crippen molar-refractivity contribution < 1.29 is 4.79 Å². The molecular formula is C20H26N2OS. The van der Waals surface area contributed by atoms with Crippen LogP contribution in [0, 0.1) is 13.8 Å². The lowest BCUT2D eigenvalue weighted by Crippen LogP contribution is -2.32. The lowest BCUT2D eigenvalue weighted by molar-refractivity contribution is 0.0785. The summed E-state index contributed by atoms with van der Waals surface area (Å²) in [6, 6.07) is 10.5. The molecule has 24 heavy (non-hydrogen) atoms. The Bertz CT molecular complexity index is 716. The molecule has 0 bridgehead atoms. The number of aryl methyl sites for hydroxylation is 2. The zero-order valence-corrected chi connectivity index (χ0v) is 15.7. The van der Waals surface area contributed by atoms with Gasteiger partial charge in [0.25, 0.3) is 5.91 Å². The van der Waals surface area contributed by atoms with Gasteiger partial charge in [-0.2, -0.15) is 0 Å². The number of hydrogen-bond donors (Lipinski definition) is 0. The summed E-state index contributed by atoms with van der Waals surface area (Å²) >= 11 is 1.69. The fraction of sp³-hybridized carbons (Fsp3) is 0.450. The van der Waals surface area contributed by atoms with Crippen molar-refractivity contribution in [3.8, 4) is 0 Å². The van der Waals surface area contributed by atoms with Gasteiger partial charge in [-0.05, 0) is 50.8 Å². The summed E-state index contributed by atoms with van der Waals surface area (Å²) in [4.78, 5) is 19.4. The standard InChI is InChI=1S/C20H26N2OS/c1-15-13-18(16(2)24-15)20(23)21(3)14-17-9-5-6-10-19(17)22-11-7-4-8-12-22/h5-6,9-10,13H,4,7-8,11-12,14H2,1-3H3. The number of piperidine rings is 1. The summed E-state index contributed by atoms with van der Waals surface area (Å²) in [7, 11) is 1.90. The number of amides is 1. The van der Waals surface area contributed by atoms with Crippen LogP contribution < -0.4 is 4.90 Å². The first kappa shape index (κ1) is 17.0. The van der Waals surface area contributed by atoms with E-state index in [0.29, 0.717) is 6.54 Å². The number of nitrogens with zero attached hydrogens (tertiary/aromatic N) is 2. The second-order valence-electron chi connectivity index (χ2n) is 6.66. The third kappa shape index (κ3) is 3.64. The average Bonchev–Trinajstić information content (AvgIpc) is 2.93. The average molecular weight is 343 g/mol. The van der Waals surface area contributed by atoms with E-state index in [2.05, 4.69) is 36.1 Å². The zero-order chi connectivity index (χ0) is 17.1. The number of anilines is 1. The van der Waals surface area contributed by atoms with E-state index in [1.807, 2.05) is 24.9 Å². The summed E-state index contributed by atoms with van der Waals surface area (Å²) in [6.45, 7) is 6.98. The van der Waals surface area contributed by atoms with Gasteiger partial charge in [0.05, 0.1) is 5.56 Å². The van der Waals surface area contributed by atoms with E-state index in [9.17, 15) is 4.79 Å². The predicted molar refractivity (Wildman–Crippen MR) is 102 cm³/mol. The van der Waals surface area contributed by atoms with Gasteiger partial charge in [-0.3, -0.25) is 4.79 Å². The Hall–Kier alpha value is -1.81. The van der Waals surface area contributed by atoms with Crippen LogP contribution in [-0.4, -0.2) is 30.9 Å². The van der Waals surface area contributed by atoms with Crippen LogP contribution in [0.15, 0.2) is 30.3 Å². The Morgan fingerprint density at radius 3 is 2.54 bits per heavy atom. The Morgan fingerprint density at radius 1 is 1.17 bits per heavy atom. The molecule has 1 saturated heterocycles. The normalized spacial score (nSPS) is 14.7. The van der Waals surface area contributed by atoms with Crippen molar-refractivity contribution >= 4 is 22.9 Å². The largest absolute Gasteiger partial charge is 0.371 e. The van der Waals surface area contributed by atoms with Gasteiger partial charge < -0.3 is 9.80 Å². The van der Waals surface area contributed by atoms with Gasteiger partial charge in [-0.25, -0.2) is 0 Å². The number of hydrogen-bond acceptors (Lipinski definition) is 3. The molecule has 128 valence electrons. The third-order valence-corrected chi connectivity index (χ3v) is 5.68. The molecule has 1 aliphatic heterocycles. The number of thiophene rings is 1. The molecule has 0 N–H and O–H groups in total. The molecule has 1 amide bonds. The quantitative estimate of drug-likeness (QED) is 0.809. The molecule has 0 saturated carbocycles. The van der Waals surface area contributed by atoms with E-state index in [4.69, 9.17) is 0 Å². The Balaban J connectivity index is 1.78. The zero-order valence-electron chi connectivity index (χ0n) is 14.8. The fourth-order valence-electron chi connectivity index (χ4n) is 3.46. The molecule has 0 spiro atoms. The third-order valence-electron chi connectivity index (χ3n) is 4.71. The molecule has 4 heteroatoms. The first-order valence-corrected chi connectivity index (χ1v) is 9.53. The molecule has 1 aromatic heterocycles. The van der Waals surface area contributed by atoms with Crippen molar-refractivity contribution in [3.63, 3.8) is 0 Å². The van der Waals surface area contributed by atoms with Crippen molar-refractivity contribution in [1.82, 2.24) is 4.90 Å². The second kappa shape index (κ2) is 7.39. The SMILES string of the molecule is Cc1cc(C(=O)N(C)Cc2ccccc2N2CCCCC2)c(C)s1. The van der Waals surface area contributed by atoms with Gasteiger partial charge in [0, 0.05) is 42.1 Å². The first-order valence-electron chi connectivity index (χ1n) is 8.71. The Labute approximate surface area is 148 Å². The summed E-state index contributed by atoms with van der Waals surface area (Å²) in [5.41, 5.74) is 3.37. The van der Waals surface area contributed by atoms with Crippen molar-refractivity contribution in [2.45, 2.75) is 39.7 Å². The van der Waals surface area contributed by atoms with Crippen molar-refractivity contribution in [1.29, 1.82) is 0 Å². The maximum absolute atomic E-state index is 12.8. The monoisotopic (exact) mass is 342 g/mol. The van der Waals surface area contributed by atoms with Gasteiger partial charge >= 0.3 is 0 Å². The van der Waals surface area contributed by atoms with Crippen LogP contribution in [0.3, 0.4) is 0 Å². The summed E-state index contributed by atoms with van der Waals surface area (Å²) in [6.07, 6.45) is 3.85. The molecule has 0 aliphatic carbocycles. The lowest BCUT2D eigenvalue weighted by atomic mass is 10.1. The van der Waals surface area contributed by atoms with Crippen molar-refractivity contribution in [3.05, 3.63) is 51.2 Å². The van der Waals surface area contributed by atoms with Crippen LogP contribution in [0.2, 0.25) is 0 Å². The minimum absolute atomic E-state index is 0.116. The molecule has 1 aliphatic rings. The Kier molecular flexibility index (Phi) is 5.24. The lowest BCUT2D eigenvalue weighted by Gasteiger charge is -2.31. The van der Waals surface area contributed by atoms with E-state index in [0.717, 1.165) is 23.5 Å². The second-order valence-corrected chi connectivity index (χ2v) is 8.12. The van der Waals surface area contributed by atoms with Crippen LogP contribution in [0.5, 0.6) is 0 Å². The van der Waals surface area contributed by atoms with Gasteiger partial charge in [-0.15, -0.1) is 11.3 Å². The van der Waals surface area contributed by atoms with Gasteiger partial charge in [-0.1, -0.05) is 18.2 Å². The van der Waals surface area contributed by atoms with Crippen molar-refractivity contribution in [2.75, 3.05) is 25.0 Å². The van der Waals surface area contributed by atoms with Crippen LogP contribution in [0.1, 0.15) is 44.9 Å². The van der Waals surface area contributed by atoms with Crippen LogP contribution in [0.25, 0.3) is 0 Å². The van der Waals surface area contributed by atoms with Crippen molar-refractivity contribution in [2.24, 2.45) is 0 Å². The number of rotatable bonds is 4. The number of carbonyl (C=O) groups excluding carboxylic acids is 1. The first-order chi connectivity index (χ1) is 11.6. The molecule has 2 aromatic rings. The molecule has 0 atom stereocenters. The smallest absolute Gasteiger partial charge is 0.255 e. The molecule has 3 nitrogen and oxygen atoms in total. The van der Waals surface area contributed by atoms with E-state index in [1.165, 1.54) is 35.4 Å². The minimum Gasteiger partial charge on any atom is -0.371 e. The van der Waals surface area contributed by atoms with Crippen LogP contribution in [-0.2, 0) is 6.54 Å². The van der Waals surface area contributed by atoms with E-state index in [1.54, 1.807) is 11.3 Å². The fourth-order valence-corrected chi connectivity index (χ4v) is 4.38. The molecule has 1 fully saturated rings. The number of benzene rings is 1. The van der Waals surface area contributed by atoms with Gasteiger partial charge in [0.15, 0.2) is 0 Å².